The summed E-state index contributed by atoms with van der Waals surface area (Å²) in [4.78, 5) is 4.29. The van der Waals surface area contributed by atoms with Crippen LogP contribution < -0.4 is 5.73 Å². The van der Waals surface area contributed by atoms with E-state index in [0.29, 0.717) is 12.1 Å². The molecule has 2 aromatic rings. The molecular formula is C13H12F2N2S. The van der Waals surface area contributed by atoms with E-state index in [1.54, 1.807) is 5.38 Å². The largest absolute Gasteiger partial charge is 0.399 e. The van der Waals surface area contributed by atoms with Crippen LogP contribution in [-0.4, -0.2) is 10.9 Å². The van der Waals surface area contributed by atoms with Gasteiger partial charge in [0, 0.05) is 23.9 Å². The van der Waals surface area contributed by atoms with E-state index in [9.17, 15) is 8.78 Å². The van der Waals surface area contributed by atoms with Gasteiger partial charge >= 0.3 is 0 Å². The zero-order chi connectivity index (χ0) is 12.8. The summed E-state index contributed by atoms with van der Waals surface area (Å²) in [6, 6.07) is 7.53. The van der Waals surface area contributed by atoms with Crippen molar-refractivity contribution < 1.29 is 8.78 Å². The normalized spacial score (nSPS) is 20.9. The number of benzene rings is 1. The fraction of sp³-hybridized carbons (Fsp3) is 0.308. The average molecular weight is 266 g/mol. The Kier molecular flexibility index (Phi) is 2.59. The predicted octanol–water partition coefficient (Wildman–Crippen LogP) is 3.44. The van der Waals surface area contributed by atoms with Crippen molar-refractivity contribution in [1.29, 1.82) is 0 Å². The van der Waals surface area contributed by atoms with Gasteiger partial charge in [-0.15, -0.1) is 11.3 Å². The average Bonchev–Trinajstić information content (AvgIpc) is 2.75. The first kappa shape index (κ1) is 11.6. The van der Waals surface area contributed by atoms with E-state index in [-0.39, 0.29) is 6.42 Å². The molecule has 1 aromatic carbocycles. The van der Waals surface area contributed by atoms with Crippen molar-refractivity contribution >= 4 is 17.0 Å². The van der Waals surface area contributed by atoms with Gasteiger partial charge in [0.1, 0.15) is 0 Å². The molecule has 2 nitrogen and oxygen atoms in total. The second kappa shape index (κ2) is 4.02. The van der Waals surface area contributed by atoms with Gasteiger partial charge < -0.3 is 5.73 Å². The highest BCUT2D eigenvalue weighted by atomic mass is 32.1. The Hall–Kier alpha value is -1.49. The molecule has 94 valence electrons. The van der Waals surface area contributed by atoms with Crippen LogP contribution >= 0.6 is 11.3 Å². The van der Waals surface area contributed by atoms with Gasteiger partial charge in [-0.05, 0) is 17.7 Å². The van der Waals surface area contributed by atoms with Gasteiger partial charge in [-0.25, -0.2) is 13.8 Å². The molecule has 1 unspecified atom stereocenters. The number of nitrogens with zero attached hydrogens (tertiary/aromatic N) is 1. The third kappa shape index (κ3) is 2.22. The van der Waals surface area contributed by atoms with Crippen molar-refractivity contribution in [3.8, 4) is 0 Å². The van der Waals surface area contributed by atoms with Crippen LogP contribution in [-0.2, 0) is 6.42 Å². The van der Waals surface area contributed by atoms with E-state index in [4.69, 9.17) is 5.73 Å². The molecule has 0 bridgehead atoms. The number of aromatic nitrogens is 1. The van der Waals surface area contributed by atoms with Crippen LogP contribution in [0, 0.1) is 0 Å². The molecular weight excluding hydrogens is 254 g/mol. The quantitative estimate of drug-likeness (QED) is 0.864. The predicted molar refractivity (Wildman–Crippen MR) is 68.1 cm³/mol. The minimum atomic E-state index is -2.54. The fourth-order valence-electron chi connectivity index (χ4n) is 1.91. The monoisotopic (exact) mass is 266 g/mol. The second-order valence-corrected chi connectivity index (χ2v) is 5.54. The highest BCUT2D eigenvalue weighted by Gasteiger charge is 2.58. The Morgan fingerprint density at radius 3 is 2.61 bits per heavy atom. The van der Waals surface area contributed by atoms with Crippen LogP contribution in [0.4, 0.5) is 14.5 Å². The van der Waals surface area contributed by atoms with Gasteiger partial charge in [-0.2, -0.15) is 0 Å². The molecule has 0 saturated heterocycles. The van der Waals surface area contributed by atoms with E-state index in [1.165, 1.54) is 11.3 Å². The molecule has 1 aliphatic rings. The summed E-state index contributed by atoms with van der Waals surface area (Å²) in [6.07, 6.45) is 0.612. The van der Waals surface area contributed by atoms with Crippen LogP contribution in [0.1, 0.15) is 28.6 Å². The molecule has 1 atom stereocenters. The molecule has 1 fully saturated rings. The number of rotatable bonds is 3. The van der Waals surface area contributed by atoms with Gasteiger partial charge in [-0.3, -0.25) is 0 Å². The Morgan fingerprint density at radius 1 is 1.33 bits per heavy atom. The molecule has 18 heavy (non-hydrogen) atoms. The summed E-state index contributed by atoms with van der Waals surface area (Å²) < 4.78 is 25.8. The molecule has 0 radical (unpaired) electrons. The Bertz CT molecular complexity index is 563. The third-order valence-corrected chi connectivity index (χ3v) is 3.95. The zero-order valence-corrected chi connectivity index (χ0v) is 10.4. The lowest BCUT2D eigenvalue weighted by atomic mass is 10.1. The molecule has 0 aliphatic heterocycles. The lowest BCUT2D eigenvalue weighted by Gasteiger charge is -1.98. The summed E-state index contributed by atoms with van der Waals surface area (Å²) in [7, 11) is 0. The Balaban J connectivity index is 1.72. The van der Waals surface area contributed by atoms with Crippen LogP contribution in [0.5, 0.6) is 0 Å². The van der Waals surface area contributed by atoms with E-state index < -0.39 is 11.8 Å². The minimum absolute atomic E-state index is 0.0575. The number of hydrogen-bond donors (Lipinski definition) is 1. The maximum absolute atomic E-state index is 12.9. The highest BCUT2D eigenvalue weighted by molar-refractivity contribution is 7.09. The van der Waals surface area contributed by atoms with Crippen molar-refractivity contribution in [2.75, 3.05) is 5.73 Å². The SMILES string of the molecule is Nc1ccc(Cc2nc(C3CC3(F)F)cs2)cc1. The van der Waals surface area contributed by atoms with Crippen LogP contribution in [0.15, 0.2) is 29.6 Å². The summed E-state index contributed by atoms with van der Waals surface area (Å²) in [6.45, 7) is 0. The maximum Gasteiger partial charge on any atom is 0.257 e. The van der Waals surface area contributed by atoms with Gasteiger partial charge in [0.05, 0.1) is 16.6 Å². The van der Waals surface area contributed by atoms with Gasteiger partial charge in [0.2, 0.25) is 0 Å². The van der Waals surface area contributed by atoms with Gasteiger partial charge in [0.15, 0.2) is 0 Å². The van der Waals surface area contributed by atoms with Crippen LogP contribution in [0.2, 0.25) is 0 Å². The van der Waals surface area contributed by atoms with Crippen molar-refractivity contribution in [1.82, 2.24) is 4.98 Å². The first-order valence-corrected chi connectivity index (χ1v) is 6.59. The van der Waals surface area contributed by atoms with Crippen LogP contribution in [0.25, 0.3) is 0 Å². The molecule has 3 rings (SSSR count). The molecule has 0 amide bonds. The number of alkyl halides is 2. The van der Waals surface area contributed by atoms with E-state index >= 15 is 0 Å². The summed E-state index contributed by atoms with van der Waals surface area (Å²) in [5, 5.41) is 2.62. The molecule has 1 saturated carbocycles. The molecule has 1 aromatic heterocycles. The highest BCUT2D eigenvalue weighted by Crippen LogP contribution is 2.55. The lowest BCUT2D eigenvalue weighted by Crippen LogP contribution is -1.94. The van der Waals surface area contributed by atoms with Crippen LogP contribution in [0.3, 0.4) is 0 Å². The zero-order valence-electron chi connectivity index (χ0n) is 9.57. The smallest absolute Gasteiger partial charge is 0.257 e. The molecule has 2 N–H and O–H groups in total. The molecule has 1 heterocycles. The van der Waals surface area contributed by atoms with Gasteiger partial charge in [0.25, 0.3) is 5.92 Å². The summed E-state index contributed by atoms with van der Waals surface area (Å²) in [5.41, 5.74) is 7.95. The first-order valence-electron chi connectivity index (χ1n) is 5.71. The molecule has 5 heteroatoms. The molecule has 1 aliphatic carbocycles. The number of thiazole rings is 1. The number of anilines is 1. The van der Waals surface area contributed by atoms with Crippen molar-refractivity contribution in [3.63, 3.8) is 0 Å². The summed E-state index contributed by atoms with van der Waals surface area (Å²) in [5.74, 6) is -3.19. The maximum atomic E-state index is 12.9. The van der Waals surface area contributed by atoms with Gasteiger partial charge in [-0.1, -0.05) is 12.1 Å². The van der Waals surface area contributed by atoms with Crippen molar-refractivity contribution in [2.45, 2.75) is 24.7 Å². The second-order valence-electron chi connectivity index (χ2n) is 4.60. The Morgan fingerprint density at radius 2 is 2.00 bits per heavy atom. The fourth-order valence-corrected chi connectivity index (χ4v) is 2.79. The number of hydrogen-bond acceptors (Lipinski definition) is 3. The molecule has 0 spiro atoms. The standard InChI is InChI=1S/C13H12F2N2S/c14-13(15)6-10(13)11-7-18-12(17-11)5-8-1-3-9(16)4-2-8/h1-4,7,10H,5-6,16H2. The van der Waals surface area contributed by atoms with E-state index in [2.05, 4.69) is 4.98 Å². The van der Waals surface area contributed by atoms with Crippen molar-refractivity contribution in [2.24, 2.45) is 0 Å². The first-order chi connectivity index (χ1) is 8.54. The third-order valence-electron chi connectivity index (χ3n) is 3.09. The number of nitrogen functional groups attached to an aromatic ring is 1. The minimum Gasteiger partial charge on any atom is -0.399 e. The number of halogens is 2. The van der Waals surface area contributed by atoms with Crippen molar-refractivity contribution in [3.05, 3.63) is 45.9 Å². The number of nitrogens with two attached hydrogens (primary N) is 1. The summed E-state index contributed by atoms with van der Waals surface area (Å²) >= 11 is 1.44. The Labute approximate surface area is 107 Å². The van der Waals surface area contributed by atoms with E-state index in [1.807, 2.05) is 24.3 Å². The topological polar surface area (TPSA) is 38.9 Å². The lowest BCUT2D eigenvalue weighted by molar-refractivity contribution is 0.111. The van der Waals surface area contributed by atoms with E-state index in [0.717, 1.165) is 16.3 Å².